The SMILES string of the molecule is O=C(/C=C/c1ccco1)NCC(=O)NC1CC1. The lowest BCUT2D eigenvalue weighted by Gasteiger charge is -2.03. The fourth-order valence-electron chi connectivity index (χ4n) is 1.28. The van der Waals surface area contributed by atoms with E-state index in [4.69, 9.17) is 4.42 Å². The Bertz CT molecular complexity index is 419. The smallest absolute Gasteiger partial charge is 0.244 e. The summed E-state index contributed by atoms with van der Waals surface area (Å²) in [6.45, 7) is 0.0117. The Balaban J connectivity index is 1.68. The molecule has 1 saturated carbocycles. The fraction of sp³-hybridized carbons (Fsp3) is 0.333. The van der Waals surface area contributed by atoms with Gasteiger partial charge in [0.25, 0.3) is 0 Å². The Morgan fingerprint density at radius 2 is 2.29 bits per heavy atom. The first-order chi connectivity index (χ1) is 8.24. The predicted molar refractivity (Wildman–Crippen MR) is 61.9 cm³/mol. The number of rotatable bonds is 5. The van der Waals surface area contributed by atoms with Crippen molar-refractivity contribution in [3.63, 3.8) is 0 Å². The molecular weight excluding hydrogens is 220 g/mol. The number of nitrogens with one attached hydrogen (secondary N) is 2. The van der Waals surface area contributed by atoms with E-state index in [1.807, 2.05) is 0 Å². The highest BCUT2D eigenvalue weighted by Crippen LogP contribution is 2.18. The summed E-state index contributed by atoms with van der Waals surface area (Å²) in [5.41, 5.74) is 0. The molecule has 1 aromatic heterocycles. The summed E-state index contributed by atoms with van der Waals surface area (Å²) in [7, 11) is 0. The topological polar surface area (TPSA) is 71.3 Å². The van der Waals surface area contributed by atoms with Crippen molar-refractivity contribution >= 4 is 17.9 Å². The second-order valence-electron chi connectivity index (χ2n) is 3.91. The third-order valence-electron chi connectivity index (χ3n) is 2.31. The number of carbonyl (C=O) groups excluding carboxylic acids is 2. The fourth-order valence-corrected chi connectivity index (χ4v) is 1.28. The van der Waals surface area contributed by atoms with Crippen molar-refractivity contribution in [2.45, 2.75) is 18.9 Å². The molecule has 5 nitrogen and oxygen atoms in total. The van der Waals surface area contributed by atoms with Crippen LogP contribution in [0.4, 0.5) is 0 Å². The Hall–Kier alpha value is -2.04. The van der Waals surface area contributed by atoms with Gasteiger partial charge in [0.05, 0.1) is 12.8 Å². The Labute approximate surface area is 98.9 Å². The monoisotopic (exact) mass is 234 g/mol. The lowest BCUT2D eigenvalue weighted by Crippen LogP contribution is -2.37. The molecule has 0 spiro atoms. The Morgan fingerprint density at radius 1 is 1.47 bits per heavy atom. The number of hydrogen-bond acceptors (Lipinski definition) is 3. The first kappa shape index (κ1) is 11.4. The molecular formula is C12H14N2O3. The first-order valence-electron chi connectivity index (χ1n) is 5.53. The van der Waals surface area contributed by atoms with Gasteiger partial charge < -0.3 is 15.1 Å². The van der Waals surface area contributed by atoms with Crippen LogP contribution >= 0.6 is 0 Å². The van der Waals surface area contributed by atoms with Gasteiger partial charge in [-0.05, 0) is 31.1 Å². The second kappa shape index (κ2) is 5.34. The summed E-state index contributed by atoms with van der Waals surface area (Å²) in [6, 6.07) is 3.79. The van der Waals surface area contributed by atoms with Crippen LogP contribution in [-0.4, -0.2) is 24.4 Å². The molecule has 0 bridgehead atoms. The van der Waals surface area contributed by atoms with Crippen LogP contribution in [0.2, 0.25) is 0 Å². The largest absolute Gasteiger partial charge is 0.465 e. The van der Waals surface area contributed by atoms with Crippen LogP contribution < -0.4 is 10.6 Å². The molecule has 0 saturated heterocycles. The number of furan rings is 1. The third kappa shape index (κ3) is 4.14. The van der Waals surface area contributed by atoms with Gasteiger partial charge in [0.2, 0.25) is 11.8 Å². The van der Waals surface area contributed by atoms with Gasteiger partial charge in [-0.1, -0.05) is 0 Å². The normalized spacial score (nSPS) is 14.8. The molecule has 1 aliphatic rings. The van der Waals surface area contributed by atoms with Gasteiger partial charge in [0.15, 0.2) is 0 Å². The summed E-state index contributed by atoms with van der Waals surface area (Å²) in [6.07, 6.45) is 6.49. The Kier molecular flexibility index (Phi) is 3.59. The second-order valence-corrected chi connectivity index (χ2v) is 3.91. The maximum absolute atomic E-state index is 11.3. The van der Waals surface area contributed by atoms with Crippen molar-refractivity contribution < 1.29 is 14.0 Å². The zero-order valence-corrected chi connectivity index (χ0v) is 9.31. The molecule has 0 unspecified atom stereocenters. The average molecular weight is 234 g/mol. The van der Waals surface area contributed by atoms with Crippen molar-refractivity contribution in [1.29, 1.82) is 0 Å². The molecule has 2 N–H and O–H groups in total. The predicted octanol–water partition coefficient (Wildman–Crippen LogP) is 0.688. The molecule has 1 aliphatic carbocycles. The highest BCUT2D eigenvalue weighted by atomic mass is 16.3. The standard InChI is InChI=1S/C12H14N2O3/c15-11(6-5-10-2-1-7-17-10)13-8-12(16)14-9-3-4-9/h1-2,5-7,9H,3-4,8H2,(H,13,15)(H,14,16)/b6-5+. The molecule has 0 aliphatic heterocycles. The molecule has 2 rings (SSSR count). The summed E-state index contributed by atoms with van der Waals surface area (Å²) < 4.78 is 5.02. The van der Waals surface area contributed by atoms with Crippen molar-refractivity contribution in [3.05, 3.63) is 30.2 Å². The van der Waals surface area contributed by atoms with Gasteiger partial charge in [-0.15, -0.1) is 0 Å². The van der Waals surface area contributed by atoms with E-state index < -0.39 is 0 Å². The van der Waals surface area contributed by atoms with Crippen LogP contribution in [0.3, 0.4) is 0 Å². The lowest BCUT2D eigenvalue weighted by molar-refractivity contribution is -0.124. The van der Waals surface area contributed by atoms with E-state index in [2.05, 4.69) is 10.6 Å². The van der Waals surface area contributed by atoms with E-state index in [1.165, 1.54) is 12.3 Å². The van der Waals surface area contributed by atoms with Crippen molar-refractivity contribution in [1.82, 2.24) is 10.6 Å². The molecule has 1 heterocycles. The van der Waals surface area contributed by atoms with Crippen molar-refractivity contribution in [3.8, 4) is 0 Å². The van der Waals surface area contributed by atoms with E-state index >= 15 is 0 Å². The summed E-state index contributed by atoms with van der Waals surface area (Å²) >= 11 is 0. The van der Waals surface area contributed by atoms with Crippen LogP contribution in [0, 0.1) is 0 Å². The van der Waals surface area contributed by atoms with Crippen LogP contribution in [0.1, 0.15) is 18.6 Å². The minimum atomic E-state index is -0.313. The molecule has 0 aromatic carbocycles. The van der Waals surface area contributed by atoms with E-state index in [9.17, 15) is 9.59 Å². The molecule has 1 fully saturated rings. The van der Waals surface area contributed by atoms with Crippen molar-refractivity contribution in [2.24, 2.45) is 0 Å². The molecule has 0 atom stereocenters. The highest BCUT2D eigenvalue weighted by Gasteiger charge is 2.22. The average Bonchev–Trinajstić information content (AvgIpc) is 2.96. The van der Waals surface area contributed by atoms with Gasteiger partial charge in [-0.25, -0.2) is 0 Å². The first-order valence-corrected chi connectivity index (χ1v) is 5.53. The highest BCUT2D eigenvalue weighted by molar-refractivity contribution is 5.94. The van der Waals surface area contributed by atoms with Crippen LogP contribution in [-0.2, 0) is 9.59 Å². The van der Waals surface area contributed by atoms with Gasteiger partial charge >= 0.3 is 0 Å². The number of amides is 2. The maximum Gasteiger partial charge on any atom is 0.244 e. The van der Waals surface area contributed by atoms with E-state index in [1.54, 1.807) is 18.2 Å². The minimum Gasteiger partial charge on any atom is -0.465 e. The zero-order valence-electron chi connectivity index (χ0n) is 9.31. The maximum atomic E-state index is 11.3. The van der Waals surface area contributed by atoms with E-state index in [-0.39, 0.29) is 18.4 Å². The zero-order chi connectivity index (χ0) is 12.1. The van der Waals surface area contributed by atoms with Crippen molar-refractivity contribution in [2.75, 3.05) is 6.54 Å². The van der Waals surface area contributed by atoms with Gasteiger partial charge in [0.1, 0.15) is 5.76 Å². The van der Waals surface area contributed by atoms with Gasteiger partial charge in [-0.3, -0.25) is 9.59 Å². The molecule has 90 valence electrons. The summed E-state index contributed by atoms with van der Waals surface area (Å²) in [4.78, 5) is 22.6. The Morgan fingerprint density at radius 3 is 2.94 bits per heavy atom. The van der Waals surface area contributed by atoms with Gasteiger partial charge in [-0.2, -0.15) is 0 Å². The quantitative estimate of drug-likeness (QED) is 0.736. The summed E-state index contributed by atoms with van der Waals surface area (Å²) in [5.74, 6) is 0.141. The molecule has 5 heteroatoms. The molecule has 2 amide bonds. The van der Waals surface area contributed by atoms with Crippen LogP contribution in [0.15, 0.2) is 28.9 Å². The summed E-state index contributed by atoms with van der Waals surface area (Å²) in [5, 5.41) is 5.28. The van der Waals surface area contributed by atoms with Crippen LogP contribution in [0.5, 0.6) is 0 Å². The molecule has 1 aromatic rings. The number of carbonyl (C=O) groups is 2. The molecule has 17 heavy (non-hydrogen) atoms. The van der Waals surface area contributed by atoms with E-state index in [0.717, 1.165) is 12.8 Å². The van der Waals surface area contributed by atoms with E-state index in [0.29, 0.717) is 11.8 Å². The third-order valence-corrected chi connectivity index (χ3v) is 2.31. The minimum absolute atomic E-state index is 0.0117. The van der Waals surface area contributed by atoms with Gasteiger partial charge in [0, 0.05) is 12.1 Å². The number of hydrogen-bond donors (Lipinski definition) is 2. The van der Waals surface area contributed by atoms with Crippen LogP contribution in [0.25, 0.3) is 6.08 Å². The lowest BCUT2D eigenvalue weighted by atomic mass is 10.4. The molecule has 0 radical (unpaired) electrons.